The molecule has 2 aromatic heterocycles. The highest BCUT2D eigenvalue weighted by Crippen LogP contribution is 2.38. The second-order valence-electron chi connectivity index (χ2n) is 6.82. The maximum absolute atomic E-state index is 12.8. The Hall–Kier alpha value is -1.73. The second kappa shape index (κ2) is 6.64. The largest absolute Gasteiger partial charge is 0.339 e. The molecule has 0 radical (unpaired) electrons. The zero-order valence-electron chi connectivity index (χ0n) is 14.7. The average Bonchev–Trinajstić information content (AvgIpc) is 3.19. The Kier molecular flexibility index (Phi) is 4.73. The van der Waals surface area contributed by atoms with E-state index in [2.05, 4.69) is 15.5 Å². The van der Waals surface area contributed by atoms with Crippen LogP contribution in [0.1, 0.15) is 57.5 Å². The van der Waals surface area contributed by atoms with Crippen LogP contribution in [-0.4, -0.2) is 35.0 Å². The van der Waals surface area contributed by atoms with Crippen LogP contribution >= 0.6 is 11.3 Å². The minimum Gasteiger partial charge on any atom is -0.339 e. The Labute approximate surface area is 146 Å². The highest BCUT2D eigenvalue weighted by Gasteiger charge is 2.41. The van der Waals surface area contributed by atoms with E-state index in [4.69, 9.17) is 4.52 Å². The summed E-state index contributed by atoms with van der Waals surface area (Å²) in [6.07, 6.45) is 3.81. The average molecular weight is 348 g/mol. The van der Waals surface area contributed by atoms with Gasteiger partial charge in [-0.25, -0.2) is 0 Å². The molecule has 130 valence electrons. The summed E-state index contributed by atoms with van der Waals surface area (Å²) in [5, 5.41) is 7.39. The van der Waals surface area contributed by atoms with Gasteiger partial charge in [-0.05, 0) is 46.9 Å². The molecule has 0 saturated heterocycles. The van der Waals surface area contributed by atoms with Crippen LogP contribution in [0, 0.1) is 13.8 Å². The van der Waals surface area contributed by atoms with Gasteiger partial charge in [-0.15, -0.1) is 11.3 Å². The van der Waals surface area contributed by atoms with Crippen molar-refractivity contribution in [2.24, 2.45) is 0 Å². The molecule has 1 aliphatic rings. The molecule has 0 aromatic carbocycles. The SMILES string of the molecule is Cc1cc(C(=O)NC2(c3noc(CN(C)C)n3)CCCC2)c(C)s1. The first-order valence-electron chi connectivity index (χ1n) is 8.27. The number of nitrogens with one attached hydrogen (secondary N) is 1. The molecular weight excluding hydrogens is 324 g/mol. The molecule has 2 aromatic rings. The van der Waals surface area contributed by atoms with Crippen molar-refractivity contribution in [2.45, 2.75) is 51.6 Å². The fourth-order valence-electron chi connectivity index (χ4n) is 3.31. The smallest absolute Gasteiger partial charge is 0.253 e. The lowest BCUT2D eigenvalue weighted by Crippen LogP contribution is -2.44. The molecule has 1 fully saturated rings. The van der Waals surface area contributed by atoms with Crippen LogP contribution < -0.4 is 5.32 Å². The number of aromatic nitrogens is 2. The van der Waals surface area contributed by atoms with Crippen LogP contribution in [0.25, 0.3) is 0 Å². The number of carbonyl (C=O) groups is 1. The van der Waals surface area contributed by atoms with E-state index in [1.165, 1.54) is 0 Å². The fourth-order valence-corrected chi connectivity index (χ4v) is 4.23. The predicted octanol–water partition coefficient (Wildman–Crippen LogP) is 3.01. The van der Waals surface area contributed by atoms with Gasteiger partial charge in [0.05, 0.1) is 12.1 Å². The van der Waals surface area contributed by atoms with Crippen molar-refractivity contribution < 1.29 is 9.32 Å². The lowest BCUT2D eigenvalue weighted by atomic mass is 9.96. The van der Waals surface area contributed by atoms with E-state index in [0.717, 1.165) is 41.0 Å². The standard InChI is InChI=1S/C17H24N4O2S/c1-11-9-13(12(2)24-11)15(22)19-17(7-5-6-8-17)16-18-14(23-20-16)10-21(3)4/h9H,5-8,10H2,1-4H3,(H,19,22). The topological polar surface area (TPSA) is 71.3 Å². The van der Waals surface area contributed by atoms with E-state index in [-0.39, 0.29) is 5.91 Å². The molecule has 7 heteroatoms. The van der Waals surface area contributed by atoms with E-state index in [9.17, 15) is 4.79 Å². The normalized spacial score (nSPS) is 16.7. The van der Waals surface area contributed by atoms with Crippen molar-refractivity contribution in [3.63, 3.8) is 0 Å². The van der Waals surface area contributed by atoms with Gasteiger partial charge in [0, 0.05) is 9.75 Å². The van der Waals surface area contributed by atoms with Crippen molar-refractivity contribution in [3.05, 3.63) is 33.1 Å². The molecule has 2 heterocycles. The van der Waals surface area contributed by atoms with E-state index in [0.29, 0.717) is 18.3 Å². The van der Waals surface area contributed by atoms with Crippen LogP contribution in [0.3, 0.4) is 0 Å². The molecule has 24 heavy (non-hydrogen) atoms. The third-order valence-electron chi connectivity index (χ3n) is 4.44. The predicted molar refractivity (Wildman–Crippen MR) is 93.1 cm³/mol. The Bertz CT molecular complexity index is 729. The first-order chi connectivity index (χ1) is 11.4. The molecule has 0 spiro atoms. The van der Waals surface area contributed by atoms with Gasteiger partial charge in [-0.1, -0.05) is 18.0 Å². The molecule has 6 nitrogen and oxygen atoms in total. The van der Waals surface area contributed by atoms with Gasteiger partial charge in [0.1, 0.15) is 5.54 Å². The quantitative estimate of drug-likeness (QED) is 0.899. The number of amides is 1. The van der Waals surface area contributed by atoms with E-state index in [1.54, 1.807) is 11.3 Å². The number of rotatable bonds is 5. The fraction of sp³-hybridized carbons (Fsp3) is 0.588. The maximum atomic E-state index is 12.8. The summed E-state index contributed by atoms with van der Waals surface area (Å²) in [6.45, 7) is 4.60. The summed E-state index contributed by atoms with van der Waals surface area (Å²) in [7, 11) is 3.91. The summed E-state index contributed by atoms with van der Waals surface area (Å²) in [6, 6.07) is 1.95. The van der Waals surface area contributed by atoms with Crippen molar-refractivity contribution in [1.82, 2.24) is 20.4 Å². The summed E-state index contributed by atoms with van der Waals surface area (Å²) in [4.78, 5) is 21.5. The first-order valence-corrected chi connectivity index (χ1v) is 9.09. The molecular formula is C17H24N4O2S. The van der Waals surface area contributed by atoms with Crippen LogP contribution in [0.4, 0.5) is 0 Å². The Morgan fingerprint density at radius 3 is 2.67 bits per heavy atom. The van der Waals surface area contributed by atoms with Crippen molar-refractivity contribution in [1.29, 1.82) is 0 Å². The zero-order chi connectivity index (χ0) is 17.3. The summed E-state index contributed by atoms with van der Waals surface area (Å²) >= 11 is 1.65. The molecule has 1 N–H and O–H groups in total. The lowest BCUT2D eigenvalue weighted by molar-refractivity contribution is 0.0891. The number of thiophene rings is 1. The van der Waals surface area contributed by atoms with Gasteiger partial charge in [0.2, 0.25) is 5.89 Å². The maximum Gasteiger partial charge on any atom is 0.253 e. The van der Waals surface area contributed by atoms with Crippen molar-refractivity contribution in [2.75, 3.05) is 14.1 Å². The molecule has 1 aliphatic carbocycles. The summed E-state index contributed by atoms with van der Waals surface area (Å²) in [5.41, 5.74) is 0.244. The van der Waals surface area contributed by atoms with E-state index in [1.807, 2.05) is 38.9 Å². The van der Waals surface area contributed by atoms with Gasteiger partial charge in [0.15, 0.2) is 5.82 Å². The molecule has 0 atom stereocenters. The molecule has 1 amide bonds. The molecule has 0 unspecified atom stereocenters. The van der Waals surface area contributed by atoms with Gasteiger partial charge in [-0.3, -0.25) is 4.79 Å². The van der Waals surface area contributed by atoms with Crippen LogP contribution in [-0.2, 0) is 12.1 Å². The van der Waals surface area contributed by atoms with Crippen LogP contribution in [0.5, 0.6) is 0 Å². The molecule has 1 saturated carbocycles. The van der Waals surface area contributed by atoms with Crippen molar-refractivity contribution >= 4 is 17.2 Å². The summed E-state index contributed by atoms with van der Waals surface area (Å²) in [5.74, 6) is 1.14. The number of hydrogen-bond acceptors (Lipinski definition) is 6. The monoisotopic (exact) mass is 348 g/mol. The number of carbonyl (C=O) groups excluding carboxylic acids is 1. The van der Waals surface area contributed by atoms with Gasteiger partial charge in [-0.2, -0.15) is 4.98 Å². The van der Waals surface area contributed by atoms with E-state index >= 15 is 0 Å². The minimum absolute atomic E-state index is 0.0438. The Balaban J connectivity index is 1.84. The van der Waals surface area contributed by atoms with Gasteiger partial charge >= 0.3 is 0 Å². The second-order valence-corrected chi connectivity index (χ2v) is 8.28. The minimum atomic E-state index is -0.507. The highest BCUT2D eigenvalue weighted by atomic mass is 32.1. The summed E-state index contributed by atoms with van der Waals surface area (Å²) < 4.78 is 5.38. The molecule has 0 aliphatic heterocycles. The molecule has 0 bridgehead atoms. The molecule has 3 rings (SSSR count). The van der Waals surface area contributed by atoms with Crippen LogP contribution in [0.2, 0.25) is 0 Å². The first kappa shape index (κ1) is 17.1. The van der Waals surface area contributed by atoms with Crippen molar-refractivity contribution in [3.8, 4) is 0 Å². The zero-order valence-corrected chi connectivity index (χ0v) is 15.5. The lowest BCUT2D eigenvalue weighted by Gasteiger charge is -2.26. The van der Waals surface area contributed by atoms with Gasteiger partial charge < -0.3 is 14.7 Å². The van der Waals surface area contributed by atoms with Gasteiger partial charge in [0.25, 0.3) is 5.91 Å². The number of nitrogens with zero attached hydrogens (tertiary/aromatic N) is 3. The Morgan fingerprint density at radius 1 is 1.38 bits per heavy atom. The Morgan fingerprint density at radius 2 is 2.08 bits per heavy atom. The highest BCUT2D eigenvalue weighted by molar-refractivity contribution is 7.12. The number of aryl methyl sites for hydroxylation is 2. The van der Waals surface area contributed by atoms with Crippen LogP contribution in [0.15, 0.2) is 10.6 Å². The third-order valence-corrected chi connectivity index (χ3v) is 5.41. The third kappa shape index (κ3) is 3.37. The van der Waals surface area contributed by atoms with E-state index < -0.39 is 5.54 Å². The number of hydrogen-bond donors (Lipinski definition) is 1.